The maximum atomic E-state index is 11.4. The van der Waals surface area contributed by atoms with Crippen molar-refractivity contribution in [1.82, 2.24) is 4.41 Å². The molecule has 0 bridgehead atoms. The van der Waals surface area contributed by atoms with Crippen LogP contribution in [0.25, 0.3) is 0 Å². The maximum Gasteiger partial charge on any atom is 0.279 e. The van der Waals surface area contributed by atoms with Crippen molar-refractivity contribution in [3.8, 4) is 0 Å². The molecule has 1 amide bonds. The van der Waals surface area contributed by atoms with Gasteiger partial charge in [0, 0.05) is 0 Å². The largest absolute Gasteiger partial charge is 0.279 e. The van der Waals surface area contributed by atoms with E-state index in [9.17, 15) is 13.2 Å². The minimum Gasteiger partial charge on any atom is -0.276 e. The molecule has 76 valence electrons. The second kappa shape index (κ2) is 3.77. The SMILES string of the molecule is Cc1ccc(S(=O)(=O)N(N)C=O)cc1. The van der Waals surface area contributed by atoms with Crippen LogP contribution in [0.2, 0.25) is 0 Å². The Morgan fingerprint density at radius 3 is 2.21 bits per heavy atom. The number of benzene rings is 1. The Labute approximate surface area is 82.2 Å². The summed E-state index contributed by atoms with van der Waals surface area (Å²) in [5, 5.41) is 0. The number of carbonyl (C=O) groups is 1. The van der Waals surface area contributed by atoms with E-state index in [1.165, 1.54) is 12.1 Å². The third kappa shape index (κ3) is 1.91. The first-order chi connectivity index (χ1) is 6.48. The molecule has 0 radical (unpaired) electrons. The average molecular weight is 214 g/mol. The smallest absolute Gasteiger partial charge is 0.276 e. The number of nitrogens with zero attached hydrogens (tertiary/aromatic N) is 1. The van der Waals surface area contributed by atoms with Crippen LogP contribution < -0.4 is 5.84 Å². The highest BCUT2D eigenvalue weighted by molar-refractivity contribution is 7.89. The average Bonchev–Trinajstić information content (AvgIpc) is 2.17. The lowest BCUT2D eigenvalue weighted by atomic mass is 10.2. The third-order valence-corrected chi connectivity index (χ3v) is 3.21. The van der Waals surface area contributed by atoms with E-state index in [-0.39, 0.29) is 15.7 Å². The molecule has 0 aliphatic heterocycles. The molecule has 14 heavy (non-hydrogen) atoms. The molecule has 0 heterocycles. The van der Waals surface area contributed by atoms with Crippen molar-refractivity contribution in [3.05, 3.63) is 29.8 Å². The molecule has 0 aliphatic rings. The van der Waals surface area contributed by atoms with Crippen LogP contribution in [0.3, 0.4) is 0 Å². The minimum atomic E-state index is -3.86. The van der Waals surface area contributed by atoms with Gasteiger partial charge in [0.05, 0.1) is 4.90 Å². The summed E-state index contributed by atoms with van der Waals surface area (Å²) in [5.74, 6) is 5.00. The summed E-state index contributed by atoms with van der Waals surface area (Å²) in [4.78, 5) is 10.2. The Bertz CT molecular complexity index is 424. The number of hydrogen-bond acceptors (Lipinski definition) is 4. The minimum absolute atomic E-state index is 0.00213. The Kier molecular flexibility index (Phi) is 2.87. The standard InChI is InChI=1S/C8H10N2O3S/c1-7-2-4-8(5-3-7)14(12,13)10(9)6-11/h2-6H,9H2,1H3. The Morgan fingerprint density at radius 2 is 1.79 bits per heavy atom. The van der Waals surface area contributed by atoms with Gasteiger partial charge in [-0.3, -0.25) is 4.79 Å². The number of carbonyl (C=O) groups excluding carboxylic acids is 1. The van der Waals surface area contributed by atoms with Crippen molar-refractivity contribution < 1.29 is 13.2 Å². The van der Waals surface area contributed by atoms with E-state index in [4.69, 9.17) is 5.84 Å². The molecule has 1 aromatic carbocycles. The fourth-order valence-corrected chi connectivity index (χ4v) is 1.73. The molecule has 0 unspecified atom stereocenters. The molecule has 1 aromatic rings. The first kappa shape index (κ1) is 10.7. The van der Waals surface area contributed by atoms with Crippen molar-refractivity contribution >= 4 is 16.4 Å². The summed E-state index contributed by atoms with van der Waals surface area (Å²) in [5.41, 5.74) is 0.929. The van der Waals surface area contributed by atoms with Crippen molar-refractivity contribution in [2.24, 2.45) is 5.84 Å². The topological polar surface area (TPSA) is 80.5 Å². The molecule has 5 nitrogen and oxygen atoms in total. The maximum absolute atomic E-state index is 11.4. The van der Waals surface area contributed by atoms with E-state index in [1.807, 2.05) is 6.92 Å². The molecule has 2 N–H and O–H groups in total. The molecule has 0 saturated carbocycles. The number of sulfonamides is 1. The highest BCUT2D eigenvalue weighted by Crippen LogP contribution is 2.12. The first-order valence-corrected chi connectivity index (χ1v) is 5.23. The van der Waals surface area contributed by atoms with Crippen LogP contribution in [-0.2, 0) is 14.8 Å². The summed E-state index contributed by atoms with van der Waals surface area (Å²) in [6.07, 6.45) is 0.0508. The first-order valence-electron chi connectivity index (χ1n) is 3.79. The van der Waals surface area contributed by atoms with Gasteiger partial charge in [-0.1, -0.05) is 17.7 Å². The molecule has 1 rings (SSSR count). The predicted octanol–water partition coefficient (Wildman–Crippen LogP) is 0.0158. The van der Waals surface area contributed by atoms with Crippen LogP contribution in [0.1, 0.15) is 5.56 Å². The Hall–Kier alpha value is -1.40. The van der Waals surface area contributed by atoms with Crippen LogP contribution in [-0.4, -0.2) is 19.2 Å². The molecule has 0 saturated heterocycles. The van der Waals surface area contributed by atoms with Gasteiger partial charge in [0.25, 0.3) is 10.0 Å². The van der Waals surface area contributed by atoms with E-state index in [2.05, 4.69) is 0 Å². The Balaban J connectivity index is 3.17. The molecule has 6 heteroatoms. The summed E-state index contributed by atoms with van der Waals surface area (Å²) in [6.45, 7) is 1.83. The third-order valence-electron chi connectivity index (χ3n) is 1.70. The number of aryl methyl sites for hydroxylation is 1. The van der Waals surface area contributed by atoms with E-state index in [1.54, 1.807) is 12.1 Å². The van der Waals surface area contributed by atoms with Gasteiger partial charge >= 0.3 is 0 Å². The monoisotopic (exact) mass is 214 g/mol. The van der Waals surface area contributed by atoms with Crippen LogP contribution in [0.5, 0.6) is 0 Å². The highest BCUT2D eigenvalue weighted by Gasteiger charge is 2.19. The number of nitrogens with two attached hydrogens (primary N) is 1. The van der Waals surface area contributed by atoms with E-state index in [0.717, 1.165) is 5.56 Å². The second-order valence-corrected chi connectivity index (χ2v) is 4.60. The molecular weight excluding hydrogens is 204 g/mol. The molecule has 0 aromatic heterocycles. The van der Waals surface area contributed by atoms with Gasteiger partial charge in [-0.2, -0.15) is 12.8 Å². The van der Waals surface area contributed by atoms with Crippen molar-refractivity contribution in [2.45, 2.75) is 11.8 Å². The van der Waals surface area contributed by atoms with Gasteiger partial charge in [0.2, 0.25) is 6.41 Å². The van der Waals surface area contributed by atoms with E-state index >= 15 is 0 Å². The lowest BCUT2D eigenvalue weighted by molar-refractivity contribution is -0.114. The van der Waals surface area contributed by atoms with E-state index < -0.39 is 10.0 Å². The summed E-state index contributed by atoms with van der Waals surface area (Å²) < 4.78 is 23.0. The summed E-state index contributed by atoms with van der Waals surface area (Å²) in [7, 11) is -3.86. The fraction of sp³-hybridized carbons (Fsp3) is 0.125. The molecule has 0 fully saturated rings. The molecular formula is C8H10N2O3S. The van der Waals surface area contributed by atoms with Gasteiger partial charge in [0.1, 0.15) is 0 Å². The lowest BCUT2D eigenvalue weighted by Crippen LogP contribution is -2.35. The zero-order valence-electron chi connectivity index (χ0n) is 7.54. The van der Waals surface area contributed by atoms with Gasteiger partial charge in [0.15, 0.2) is 0 Å². The highest BCUT2D eigenvalue weighted by atomic mass is 32.2. The lowest BCUT2D eigenvalue weighted by Gasteiger charge is -2.10. The second-order valence-electron chi connectivity index (χ2n) is 2.75. The zero-order chi connectivity index (χ0) is 10.8. The molecule has 0 aliphatic carbocycles. The predicted molar refractivity (Wildman–Crippen MR) is 50.5 cm³/mol. The molecule has 0 spiro atoms. The Morgan fingerprint density at radius 1 is 1.29 bits per heavy atom. The zero-order valence-corrected chi connectivity index (χ0v) is 8.36. The summed E-state index contributed by atoms with van der Waals surface area (Å²) in [6, 6.07) is 6.05. The van der Waals surface area contributed by atoms with Crippen LogP contribution in [0.15, 0.2) is 29.2 Å². The number of hydrogen-bond donors (Lipinski definition) is 1. The van der Waals surface area contributed by atoms with Gasteiger partial charge < -0.3 is 0 Å². The van der Waals surface area contributed by atoms with Crippen LogP contribution >= 0.6 is 0 Å². The van der Waals surface area contributed by atoms with Crippen molar-refractivity contribution in [1.29, 1.82) is 0 Å². The van der Waals surface area contributed by atoms with Gasteiger partial charge in [-0.05, 0) is 19.1 Å². The number of rotatable bonds is 3. The quantitative estimate of drug-likeness (QED) is 0.333. The van der Waals surface area contributed by atoms with Crippen LogP contribution in [0, 0.1) is 6.92 Å². The number of hydrazine groups is 1. The van der Waals surface area contributed by atoms with Gasteiger partial charge in [-0.25, -0.2) is 5.84 Å². The number of amides is 1. The molecule has 0 atom stereocenters. The van der Waals surface area contributed by atoms with Crippen molar-refractivity contribution in [3.63, 3.8) is 0 Å². The van der Waals surface area contributed by atoms with E-state index in [0.29, 0.717) is 0 Å². The summed E-state index contributed by atoms with van der Waals surface area (Å²) >= 11 is 0. The van der Waals surface area contributed by atoms with Gasteiger partial charge in [-0.15, -0.1) is 0 Å². The fourth-order valence-electron chi connectivity index (χ4n) is 0.889. The van der Waals surface area contributed by atoms with Crippen molar-refractivity contribution in [2.75, 3.05) is 0 Å². The van der Waals surface area contributed by atoms with Crippen LogP contribution in [0.4, 0.5) is 0 Å². The normalized spacial score (nSPS) is 11.0.